The molecule has 3 nitrogen and oxygen atoms in total. The van der Waals surface area contributed by atoms with Crippen LogP contribution in [-0.2, 0) is 6.42 Å². The molecule has 2 unspecified atom stereocenters. The van der Waals surface area contributed by atoms with Crippen molar-refractivity contribution in [2.75, 3.05) is 0 Å². The molecule has 8 rings (SSSR count). The molecule has 2 aliphatic rings. The van der Waals surface area contributed by atoms with E-state index < -0.39 is 0 Å². The zero-order valence-corrected chi connectivity index (χ0v) is 21.1. The van der Waals surface area contributed by atoms with Gasteiger partial charge in [-0.05, 0) is 59.7 Å². The lowest BCUT2D eigenvalue weighted by atomic mass is 9.81. The molecule has 3 heteroatoms. The fraction of sp³-hybridized carbons (Fsp3) is 0.114. The lowest BCUT2D eigenvalue weighted by Crippen LogP contribution is -2.50. The first kappa shape index (κ1) is 21.3. The molecule has 0 N–H and O–H groups in total. The highest BCUT2D eigenvalue weighted by Crippen LogP contribution is 2.50. The summed E-state index contributed by atoms with van der Waals surface area (Å²) in [5.41, 5.74) is 12.0. The Bertz CT molecular complexity index is 1980. The van der Waals surface area contributed by atoms with Gasteiger partial charge in [0.1, 0.15) is 0 Å². The minimum Gasteiger partial charge on any atom is -0.192 e. The maximum Gasteiger partial charge on any atom is 0.261 e. The van der Waals surface area contributed by atoms with Crippen LogP contribution in [0, 0.1) is 18.3 Å². The number of fused-ring (bicyclic) bond motifs is 13. The van der Waals surface area contributed by atoms with Crippen LogP contribution in [-0.4, -0.2) is 0 Å². The molecule has 0 bridgehead atoms. The topological polar surface area (TPSA) is 31.8 Å². The summed E-state index contributed by atoms with van der Waals surface area (Å²) in [6.45, 7) is 2.16. The van der Waals surface area contributed by atoms with Crippen LogP contribution in [0.25, 0.3) is 38.7 Å². The van der Waals surface area contributed by atoms with Crippen molar-refractivity contribution in [1.29, 1.82) is 5.26 Å². The first-order chi connectivity index (χ1) is 18.7. The highest BCUT2D eigenvalue weighted by atomic mass is 15.1. The van der Waals surface area contributed by atoms with Crippen molar-refractivity contribution in [3.8, 4) is 28.5 Å². The van der Waals surface area contributed by atoms with Crippen LogP contribution in [0.2, 0.25) is 0 Å². The molecular weight excluding hydrogens is 462 g/mol. The van der Waals surface area contributed by atoms with E-state index in [1.54, 1.807) is 0 Å². The van der Waals surface area contributed by atoms with Gasteiger partial charge >= 0.3 is 0 Å². The predicted octanol–water partition coefficient (Wildman–Crippen LogP) is 6.62. The van der Waals surface area contributed by atoms with Crippen LogP contribution >= 0.6 is 0 Å². The van der Waals surface area contributed by atoms with E-state index in [4.69, 9.17) is 0 Å². The first-order valence-corrected chi connectivity index (χ1v) is 13.2. The average Bonchev–Trinajstić information content (AvgIpc) is 3.38. The molecule has 6 aromatic rings. The summed E-state index contributed by atoms with van der Waals surface area (Å²) in [6, 6.07) is 37.2. The molecule has 0 fully saturated rings. The lowest BCUT2D eigenvalue weighted by molar-refractivity contribution is -0.724. The monoisotopic (exact) mass is 487 g/mol. The Morgan fingerprint density at radius 2 is 1.63 bits per heavy atom. The van der Waals surface area contributed by atoms with Gasteiger partial charge in [0.25, 0.3) is 5.69 Å². The first-order valence-electron chi connectivity index (χ1n) is 13.2. The van der Waals surface area contributed by atoms with Gasteiger partial charge in [-0.2, -0.15) is 14.2 Å². The molecule has 38 heavy (non-hydrogen) atoms. The Balaban J connectivity index is 1.49. The van der Waals surface area contributed by atoms with E-state index in [0.717, 1.165) is 12.0 Å². The number of nitriles is 1. The third kappa shape index (κ3) is 2.83. The summed E-state index contributed by atoms with van der Waals surface area (Å²) in [6.07, 6.45) is 5.47. The quantitative estimate of drug-likeness (QED) is 0.189. The van der Waals surface area contributed by atoms with Crippen molar-refractivity contribution in [2.24, 2.45) is 0 Å². The molecule has 0 radical (unpaired) electrons. The van der Waals surface area contributed by atoms with Gasteiger partial charge in [-0.3, -0.25) is 0 Å². The van der Waals surface area contributed by atoms with E-state index in [1.165, 1.54) is 61.1 Å². The van der Waals surface area contributed by atoms with E-state index in [1.807, 2.05) is 12.1 Å². The number of hydrogen-bond acceptors (Lipinski definition) is 1. The molecule has 4 heterocycles. The fourth-order valence-electron chi connectivity index (χ4n) is 7.00. The molecule has 0 amide bonds. The second-order valence-electron chi connectivity index (χ2n) is 10.6. The van der Waals surface area contributed by atoms with Crippen LogP contribution in [0.3, 0.4) is 0 Å². The molecule has 178 valence electrons. The summed E-state index contributed by atoms with van der Waals surface area (Å²) in [7, 11) is 0. The number of hydrogen-bond donors (Lipinski definition) is 0. The maximum atomic E-state index is 10.1. The van der Waals surface area contributed by atoms with Crippen LogP contribution in [0.4, 0.5) is 0 Å². The van der Waals surface area contributed by atoms with E-state index in [0.29, 0.717) is 0 Å². The van der Waals surface area contributed by atoms with Crippen molar-refractivity contribution >= 4 is 16.3 Å². The molecule has 3 aromatic carbocycles. The largest absolute Gasteiger partial charge is 0.261 e. The third-order valence-corrected chi connectivity index (χ3v) is 8.54. The highest BCUT2D eigenvalue weighted by molar-refractivity contribution is 5.97. The van der Waals surface area contributed by atoms with Gasteiger partial charge in [-0.1, -0.05) is 54.6 Å². The third-order valence-electron chi connectivity index (χ3n) is 8.54. The Morgan fingerprint density at radius 3 is 2.47 bits per heavy atom. The van der Waals surface area contributed by atoms with E-state index >= 15 is 0 Å². The van der Waals surface area contributed by atoms with Gasteiger partial charge in [-0.15, -0.1) is 0 Å². The van der Waals surface area contributed by atoms with Crippen molar-refractivity contribution in [3.05, 3.63) is 137 Å². The molecule has 0 saturated carbocycles. The zero-order chi connectivity index (χ0) is 25.4. The molecule has 0 saturated heterocycles. The summed E-state index contributed by atoms with van der Waals surface area (Å²) in [5, 5.41) is 12.7. The zero-order valence-electron chi connectivity index (χ0n) is 21.1. The fourth-order valence-corrected chi connectivity index (χ4v) is 7.00. The van der Waals surface area contributed by atoms with Crippen LogP contribution < -0.4 is 8.97 Å². The van der Waals surface area contributed by atoms with Gasteiger partial charge in [-0.25, -0.2) is 0 Å². The Morgan fingerprint density at radius 1 is 0.816 bits per heavy atom. The summed E-state index contributed by atoms with van der Waals surface area (Å²) in [4.78, 5) is 0. The van der Waals surface area contributed by atoms with Gasteiger partial charge in [0.15, 0.2) is 12.4 Å². The van der Waals surface area contributed by atoms with Crippen molar-refractivity contribution in [2.45, 2.75) is 25.3 Å². The smallest absolute Gasteiger partial charge is 0.192 e. The maximum absolute atomic E-state index is 10.1. The normalized spacial score (nSPS) is 16.9. The predicted molar refractivity (Wildman–Crippen MR) is 149 cm³/mol. The highest BCUT2D eigenvalue weighted by Gasteiger charge is 2.53. The number of aromatic nitrogens is 2. The molecule has 2 atom stereocenters. The number of aryl methyl sites for hydroxylation is 1. The Hall–Kier alpha value is -4.81. The van der Waals surface area contributed by atoms with Crippen LogP contribution in [0.1, 0.15) is 39.9 Å². The van der Waals surface area contributed by atoms with Crippen LogP contribution in [0.15, 0.2) is 109 Å². The number of pyridine rings is 3. The van der Waals surface area contributed by atoms with E-state index in [-0.39, 0.29) is 12.0 Å². The van der Waals surface area contributed by atoms with Crippen LogP contribution in [0.5, 0.6) is 0 Å². The summed E-state index contributed by atoms with van der Waals surface area (Å²) in [5.74, 6) is 0.199. The number of rotatable bonds is 1. The minimum absolute atomic E-state index is 0.113. The molecular formula is C35H25N3+2. The molecule has 0 spiro atoms. The van der Waals surface area contributed by atoms with Crippen molar-refractivity contribution < 1.29 is 8.97 Å². The van der Waals surface area contributed by atoms with E-state index in [9.17, 15) is 5.26 Å². The Kier molecular flexibility index (Phi) is 4.39. The van der Waals surface area contributed by atoms with E-state index in [2.05, 4.69) is 119 Å². The summed E-state index contributed by atoms with van der Waals surface area (Å²) < 4.78 is 4.90. The van der Waals surface area contributed by atoms with Gasteiger partial charge < -0.3 is 0 Å². The standard InChI is InChI=1S/C35H25N3/c1-22-14-15-31-28-13-7-10-25(20-36)33(28)30-19-29-26-11-5-6-12-27(26)32-18-24(23-8-3-2-4-9-23)16-17-37(32)34(29)35(30)38(31)21-22/h2-18,21,30,35H,19H2,1H3/q+2. The Labute approximate surface area is 221 Å². The van der Waals surface area contributed by atoms with Gasteiger partial charge in [0.05, 0.1) is 28.5 Å². The number of benzene rings is 3. The lowest BCUT2D eigenvalue weighted by Gasteiger charge is -2.25. The molecule has 1 aliphatic carbocycles. The summed E-state index contributed by atoms with van der Waals surface area (Å²) >= 11 is 0. The second-order valence-corrected chi connectivity index (χ2v) is 10.6. The number of nitrogens with zero attached hydrogens (tertiary/aromatic N) is 3. The minimum atomic E-state index is 0.113. The molecule has 1 aliphatic heterocycles. The second kappa shape index (κ2) is 7.84. The SMILES string of the molecule is Cc1ccc2[n+](c1)C1c3c(c4ccccc4c4cc(-c5ccccc5)cc[n+]34)CC1c1c(C#N)cccc1-2. The van der Waals surface area contributed by atoms with Gasteiger partial charge in [0.2, 0.25) is 17.3 Å². The average molecular weight is 488 g/mol. The molecule has 3 aromatic heterocycles. The van der Waals surface area contributed by atoms with Gasteiger partial charge in [0, 0.05) is 29.3 Å². The van der Waals surface area contributed by atoms with Crippen molar-refractivity contribution in [1.82, 2.24) is 0 Å². The van der Waals surface area contributed by atoms with Crippen molar-refractivity contribution in [3.63, 3.8) is 0 Å².